The van der Waals surface area contributed by atoms with Gasteiger partial charge in [0.05, 0.1) is 22.1 Å². The molecule has 0 unspecified atom stereocenters. The predicted octanol–water partition coefficient (Wildman–Crippen LogP) is 0.680. The summed E-state index contributed by atoms with van der Waals surface area (Å²) in [5.74, 6) is 0.329. The van der Waals surface area contributed by atoms with Gasteiger partial charge < -0.3 is 11.1 Å². The number of nitrogens with one attached hydrogen (secondary N) is 1. The summed E-state index contributed by atoms with van der Waals surface area (Å²) >= 11 is 5.96. The van der Waals surface area contributed by atoms with Crippen LogP contribution in [0.4, 0.5) is 5.82 Å². The van der Waals surface area contributed by atoms with E-state index in [9.17, 15) is 13.2 Å². The van der Waals surface area contributed by atoms with E-state index in [0.717, 1.165) is 0 Å². The predicted molar refractivity (Wildman–Crippen MR) is 73.0 cm³/mol. The number of nitrogens with two attached hydrogens (primary N) is 1. The smallest absolute Gasteiger partial charge is 0.250 e. The van der Waals surface area contributed by atoms with Crippen molar-refractivity contribution in [3.8, 4) is 0 Å². The zero-order valence-corrected chi connectivity index (χ0v) is 11.7. The third-order valence-electron chi connectivity index (χ3n) is 3.01. The molecule has 3 N–H and O–H groups in total. The van der Waals surface area contributed by atoms with Crippen LogP contribution in [0, 0.1) is 5.92 Å². The van der Waals surface area contributed by atoms with E-state index in [-0.39, 0.29) is 28.0 Å². The fraction of sp³-hybridized carbons (Fsp3) is 0.455. The quantitative estimate of drug-likeness (QED) is 0.851. The molecule has 0 spiro atoms. The summed E-state index contributed by atoms with van der Waals surface area (Å²) in [5, 5.41) is 3.29. The molecule has 1 aliphatic heterocycles. The van der Waals surface area contributed by atoms with Crippen LogP contribution in [0.2, 0.25) is 5.02 Å². The molecule has 0 aromatic carbocycles. The lowest BCUT2D eigenvalue weighted by Gasteiger charge is -2.11. The second-order valence-electron chi connectivity index (χ2n) is 4.57. The Morgan fingerprint density at radius 1 is 1.58 bits per heavy atom. The second-order valence-corrected chi connectivity index (χ2v) is 7.20. The molecule has 1 saturated heterocycles. The van der Waals surface area contributed by atoms with Crippen molar-refractivity contribution < 1.29 is 13.2 Å². The molecule has 1 aromatic rings. The summed E-state index contributed by atoms with van der Waals surface area (Å²) in [7, 11) is -2.88. The molecule has 1 amide bonds. The van der Waals surface area contributed by atoms with Gasteiger partial charge in [-0.05, 0) is 18.4 Å². The van der Waals surface area contributed by atoms with Crippen LogP contribution < -0.4 is 11.1 Å². The number of carbonyl (C=O) groups is 1. The van der Waals surface area contributed by atoms with Gasteiger partial charge in [0.1, 0.15) is 5.82 Å². The number of hydrogen-bond acceptors (Lipinski definition) is 5. The number of hydrogen-bond donors (Lipinski definition) is 2. The summed E-state index contributed by atoms with van der Waals surface area (Å²) in [6.45, 7) is 0.488. The zero-order valence-electron chi connectivity index (χ0n) is 10.1. The summed E-state index contributed by atoms with van der Waals surface area (Å²) in [6.07, 6.45) is 1.98. The monoisotopic (exact) mass is 303 g/mol. The standard InChI is InChI=1S/C11H14ClN3O3S/c12-9-3-8(10(13)16)5-15-11(9)14-4-7-1-2-19(17,18)6-7/h3,5,7H,1-2,4,6H2,(H2,13,16)(H,14,15)/t7-/m0/s1. The molecular formula is C11H14ClN3O3S. The van der Waals surface area contributed by atoms with Gasteiger partial charge in [0.2, 0.25) is 5.91 Å². The van der Waals surface area contributed by atoms with Crippen LogP contribution in [0.15, 0.2) is 12.3 Å². The van der Waals surface area contributed by atoms with E-state index in [0.29, 0.717) is 18.8 Å². The molecule has 19 heavy (non-hydrogen) atoms. The molecule has 104 valence electrons. The molecule has 0 aliphatic carbocycles. The highest BCUT2D eigenvalue weighted by Crippen LogP contribution is 2.23. The van der Waals surface area contributed by atoms with E-state index < -0.39 is 15.7 Å². The maximum Gasteiger partial charge on any atom is 0.250 e. The molecular weight excluding hydrogens is 290 g/mol. The number of amides is 1. The highest BCUT2D eigenvalue weighted by molar-refractivity contribution is 7.91. The molecule has 6 nitrogen and oxygen atoms in total. The average Bonchev–Trinajstić information content (AvgIpc) is 2.67. The first-order valence-electron chi connectivity index (χ1n) is 5.77. The highest BCUT2D eigenvalue weighted by atomic mass is 35.5. The van der Waals surface area contributed by atoms with Crippen molar-refractivity contribution in [1.82, 2.24) is 4.98 Å². The third kappa shape index (κ3) is 3.57. The first kappa shape index (κ1) is 14.1. The van der Waals surface area contributed by atoms with Gasteiger partial charge in [-0.15, -0.1) is 0 Å². The molecule has 1 atom stereocenters. The Balaban J connectivity index is 1.99. The van der Waals surface area contributed by atoms with Crippen molar-refractivity contribution in [3.05, 3.63) is 22.8 Å². The number of nitrogens with zero attached hydrogens (tertiary/aromatic N) is 1. The van der Waals surface area contributed by atoms with Crippen LogP contribution >= 0.6 is 11.6 Å². The van der Waals surface area contributed by atoms with Crippen molar-refractivity contribution in [2.24, 2.45) is 11.7 Å². The topological polar surface area (TPSA) is 102 Å². The molecule has 8 heteroatoms. The number of aromatic nitrogens is 1. The van der Waals surface area contributed by atoms with Crippen molar-refractivity contribution in [2.75, 3.05) is 23.4 Å². The molecule has 2 rings (SSSR count). The Kier molecular flexibility index (Phi) is 3.96. The van der Waals surface area contributed by atoms with Crippen LogP contribution in [0.1, 0.15) is 16.8 Å². The summed E-state index contributed by atoms with van der Waals surface area (Å²) in [4.78, 5) is 14.9. The van der Waals surface area contributed by atoms with Gasteiger partial charge in [0.25, 0.3) is 0 Å². The maximum atomic E-state index is 11.3. The Morgan fingerprint density at radius 3 is 2.84 bits per heavy atom. The number of pyridine rings is 1. The van der Waals surface area contributed by atoms with Crippen LogP contribution in [-0.2, 0) is 9.84 Å². The summed E-state index contributed by atoms with van der Waals surface area (Å²) in [5.41, 5.74) is 5.35. The lowest BCUT2D eigenvalue weighted by molar-refractivity contribution is 0.1000. The van der Waals surface area contributed by atoms with Gasteiger partial charge in [0.15, 0.2) is 9.84 Å². The molecule has 1 fully saturated rings. The molecule has 0 radical (unpaired) electrons. The van der Waals surface area contributed by atoms with Gasteiger partial charge >= 0.3 is 0 Å². The third-order valence-corrected chi connectivity index (χ3v) is 5.14. The fourth-order valence-electron chi connectivity index (χ4n) is 1.98. The minimum atomic E-state index is -2.88. The summed E-state index contributed by atoms with van der Waals surface area (Å²) in [6, 6.07) is 1.44. The average molecular weight is 304 g/mol. The fourth-order valence-corrected chi connectivity index (χ4v) is 4.07. The molecule has 1 aliphatic rings. The second kappa shape index (κ2) is 5.34. The first-order valence-corrected chi connectivity index (χ1v) is 7.97. The van der Waals surface area contributed by atoms with Crippen molar-refractivity contribution >= 4 is 33.2 Å². The van der Waals surface area contributed by atoms with Crippen LogP contribution in [0.25, 0.3) is 0 Å². The van der Waals surface area contributed by atoms with Gasteiger partial charge in [0, 0.05) is 12.7 Å². The number of anilines is 1. The van der Waals surface area contributed by atoms with Crippen LogP contribution in [0.3, 0.4) is 0 Å². The lowest BCUT2D eigenvalue weighted by atomic mass is 10.1. The minimum Gasteiger partial charge on any atom is -0.369 e. The van der Waals surface area contributed by atoms with Gasteiger partial charge in [-0.25, -0.2) is 13.4 Å². The van der Waals surface area contributed by atoms with E-state index >= 15 is 0 Å². The van der Waals surface area contributed by atoms with E-state index in [2.05, 4.69) is 10.3 Å². The summed E-state index contributed by atoms with van der Waals surface area (Å²) < 4.78 is 22.6. The van der Waals surface area contributed by atoms with E-state index in [4.69, 9.17) is 17.3 Å². The van der Waals surface area contributed by atoms with E-state index in [1.807, 2.05) is 0 Å². The molecule has 0 saturated carbocycles. The van der Waals surface area contributed by atoms with Crippen molar-refractivity contribution in [1.29, 1.82) is 0 Å². The van der Waals surface area contributed by atoms with Crippen LogP contribution in [0.5, 0.6) is 0 Å². The number of carbonyl (C=O) groups excluding carboxylic acids is 1. The molecule has 2 heterocycles. The minimum absolute atomic E-state index is 0.0682. The van der Waals surface area contributed by atoms with Crippen molar-refractivity contribution in [2.45, 2.75) is 6.42 Å². The SMILES string of the molecule is NC(=O)c1cnc(NC[C@@H]2CCS(=O)(=O)C2)c(Cl)c1. The largest absolute Gasteiger partial charge is 0.369 e. The molecule has 0 bridgehead atoms. The number of sulfone groups is 1. The maximum absolute atomic E-state index is 11.3. The van der Waals surface area contributed by atoms with Crippen LogP contribution in [-0.4, -0.2) is 37.4 Å². The van der Waals surface area contributed by atoms with E-state index in [1.165, 1.54) is 12.3 Å². The Morgan fingerprint density at radius 2 is 2.32 bits per heavy atom. The first-order chi connectivity index (χ1) is 8.87. The van der Waals surface area contributed by atoms with Gasteiger partial charge in [-0.3, -0.25) is 4.79 Å². The number of primary amides is 1. The van der Waals surface area contributed by atoms with Crippen molar-refractivity contribution in [3.63, 3.8) is 0 Å². The lowest BCUT2D eigenvalue weighted by Crippen LogP contribution is -2.17. The Labute approximate surface area is 116 Å². The Bertz CT molecular complexity index is 603. The zero-order chi connectivity index (χ0) is 14.0. The van der Waals surface area contributed by atoms with Gasteiger partial charge in [-0.1, -0.05) is 11.6 Å². The highest BCUT2D eigenvalue weighted by Gasteiger charge is 2.27. The Hall–Kier alpha value is -1.34. The number of rotatable bonds is 4. The van der Waals surface area contributed by atoms with Gasteiger partial charge in [-0.2, -0.15) is 0 Å². The number of halogens is 1. The normalized spacial score (nSPS) is 21.2. The molecule has 1 aromatic heterocycles. The van der Waals surface area contributed by atoms with E-state index in [1.54, 1.807) is 0 Å².